The van der Waals surface area contributed by atoms with Gasteiger partial charge in [0, 0.05) is 17.6 Å². The van der Waals surface area contributed by atoms with E-state index < -0.39 is 9.84 Å². The number of nitrogens with zero attached hydrogens (tertiary/aromatic N) is 1. The fraction of sp³-hybridized carbons (Fsp3) is 0.500. The molecule has 1 aliphatic rings. The molecule has 1 aliphatic heterocycles. The van der Waals surface area contributed by atoms with E-state index in [0.29, 0.717) is 17.2 Å². The average Bonchev–Trinajstić information content (AvgIpc) is 2.76. The maximum absolute atomic E-state index is 12.2. The van der Waals surface area contributed by atoms with Gasteiger partial charge in [-0.15, -0.1) is 0 Å². The minimum atomic E-state index is -3.02. The standard InChI is InChI=1S/C14H17BrClNO4S/c1-9-5-10(15)6-12(16)14(9)21-7-13(18)17(2)11-3-4-22(19,20)8-11/h5-6,11H,3-4,7-8H2,1-2H3/t11-/m1/s1. The van der Waals surface area contributed by atoms with Crippen LogP contribution in [0.5, 0.6) is 5.75 Å². The maximum atomic E-state index is 12.2. The number of carbonyl (C=O) groups excluding carboxylic acids is 1. The molecule has 122 valence electrons. The number of sulfone groups is 1. The van der Waals surface area contributed by atoms with Crippen molar-refractivity contribution < 1.29 is 17.9 Å². The summed E-state index contributed by atoms with van der Waals surface area (Å²) in [6.07, 6.45) is 0.475. The van der Waals surface area contributed by atoms with Gasteiger partial charge in [0.25, 0.3) is 5.91 Å². The molecular weight excluding hydrogens is 394 g/mol. The van der Waals surface area contributed by atoms with Crippen molar-refractivity contribution in [3.63, 3.8) is 0 Å². The van der Waals surface area contributed by atoms with Crippen molar-refractivity contribution in [2.75, 3.05) is 25.2 Å². The highest BCUT2D eigenvalue weighted by Gasteiger charge is 2.32. The van der Waals surface area contributed by atoms with E-state index in [-0.39, 0.29) is 30.1 Å². The SMILES string of the molecule is Cc1cc(Br)cc(Cl)c1OCC(=O)N(C)[C@@H]1CCS(=O)(=O)C1. The second-order valence-electron chi connectivity index (χ2n) is 5.38. The molecule has 0 aliphatic carbocycles. The zero-order valence-corrected chi connectivity index (χ0v) is 15.5. The zero-order chi connectivity index (χ0) is 16.5. The molecular formula is C14H17BrClNO4S. The maximum Gasteiger partial charge on any atom is 0.260 e. The molecule has 2 rings (SSSR count). The van der Waals surface area contributed by atoms with Gasteiger partial charge >= 0.3 is 0 Å². The summed E-state index contributed by atoms with van der Waals surface area (Å²) >= 11 is 9.44. The van der Waals surface area contributed by atoms with Gasteiger partial charge in [0.15, 0.2) is 16.4 Å². The fourth-order valence-corrected chi connectivity index (χ4v) is 5.19. The lowest BCUT2D eigenvalue weighted by molar-refractivity contribution is -0.133. The Balaban J connectivity index is 1.99. The van der Waals surface area contributed by atoms with Crippen LogP contribution < -0.4 is 4.74 Å². The van der Waals surface area contributed by atoms with Crippen molar-refractivity contribution in [1.82, 2.24) is 4.90 Å². The van der Waals surface area contributed by atoms with E-state index in [1.807, 2.05) is 13.0 Å². The van der Waals surface area contributed by atoms with Gasteiger partial charge in [0.1, 0.15) is 5.75 Å². The number of halogens is 2. The molecule has 1 atom stereocenters. The van der Waals surface area contributed by atoms with Crippen LogP contribution in [0.2, 0.25) is 5.02 Å². The van der Waals surface area contributed by atoms with Crippen LogP contribution >= 0.6 is 27.5 Å². The monoisotopic (exact) mass is 409 g/mol. The number of amides is 1. The molecule has 0 N–H and O–H groups in total. The zero-order valence-electron chi connectivity index (χ0n) is 12.3. The molecule has 0 radical (unpaired) electrons. The molecule has 1 fully saturated rings. The van der Waals surface area contributed by atoms with Crippen LogP contribution in [0.1, 0.15) is 12.0 Å². The minimum absolute atomic E-state index is 0.0211. The van der Waals surface area contributed by atoms with E-state index in [4.69, 9.17) is 16.3 Å². The smallest absolute Gasteiger partial charge is 0.260 e. The summed E-state index contributed by atoms with van der Waals surface area (Å²) in [5.74, 6) is 0.354. The summed E-state index contributed by atoms with van der Waals surface area (Å²) in [5, 5.41) is 0.422. The summed E-state index contributed by atoms with van der Waals surface area (Å²) in [6.45, 7) is 1.67. The van der Waals surface area contributed by atoms with Gasteiger partial charge in [-0.2, -0.15) is 0 Å². The number of hydrogen-bond donors (Lipinski definition) is 0. The third kappa shape index (κ3) is 4.14. The first-order valence-electron chi connectivity index (χ1n) is 6.74. The molecule has 1 aromatic carbocycles. The Kier molecular flexibility index (Phi) is 5.40. The molecule has 1 amide bonds. The van der Waals surface area contributed by atoms with E-state index in [1.165, 1.54) is 4.90 Å². The average molecular weight is 411 g/mol. The molecule has 0 aromatic heterocycles. The Hall–Kier alpha value is -0.790. The first kappa shape index (κ1) is 17.6. The van der Waals surface area contributed by atoms with Crippen molar-refractivity contribution in [1.29, 1.82) is 0 Å². The number of aryl methyl sites for hydroxylation is 1. The largest absolute Gasteiger partial charge is 0.482 e. The molecule has 8 heteroatoms. The molecule has 22 heavy (non-hydrogen) atoms. The Labute approximate surface area is 143 Å². The van der Waals surface area contributed by atoms with Gasteiger partial charge in [-0.05, 0) is 31.0 Å². The number of rotatable bonds is 4. The molecule has 1 aromatic rings. The fourth-order valence-electron chi connectivity index (χ4n) is 2.39. The van der Waals surface area contributed by atoms with Gasteiger partial charge in [-0.25, -0.2) is 8.42 Å². The normalized spacial score (nSPS) is 19.9. The number of carbonyl (C=O) groups is 1. The third-order valence-corrected chi connectivity index (χ3v) is 6.17. The molecule has 1 saturated heterocycles. The van der Waals surface area contributed by atoms with Crippen LogP contribution in [0.4, 0.5) is 0 Å². The summed E-state index contributed by atoms with van der Waals surface area (Å²) in [7, 11) is -1.42. The third-order valence-electron chi connectivity index (χ3n) is 3.68. The minimum Gasteiger partial charge on any atom is -0.482 e. The van der Waals surface area contributed by atoms with Crippen LogP contribution in [0.25, 0.3) is 0 Å². The van der Waals surface area contributed by atoms with E-state index in [9.17, 15) is 13.2 Å². The van der Waals surface area contributed by atoms with Crippen molar-refractivity contribution in [2.45, 2.75) is 19.4 Å². The van der Waals surface area contributed by atoms with Gasteiger partial charge in [-0.3, -0.25) is 4.79 Å². The Bertz CT molecular complexity index is 669. The van der Waals surface area contributed by atoms with Gasteiger partial charge in [0.05, 0.1) is 16.5 Å². The predicted molar refractivity (Wildman–Crippen MR) is 89.2 cm³/mol. The lowest BCUT2D eigenvalue weighted by Crippen LogP contribution is -2.40. The summed E-state index contributed by atoms with van der Waals surface area (Å²) < 4.78 is 29.3. The topological polar surface area (TPSA) is 63.7 Å². The van der Waals surface area contributed by atoms with Crippen LogP contribution in [0.15, 0.2) is 16.6 Å². The summed E-state index contributed by atoms with van der Waals surface area (Å²) in [5.41, 5.74) is 0.818. The van der Waals surface area contributed by atoms with Crippen molar-refractivity contribution >= 4 is 43.3 Å². The van der Waals surface area contributed by atoms with E-state index >= 15 is 0 Å². The number of likely N-dealkylation sites (N-methyl/N-ethyl adjacent to an activating group) is 1. The summed E-state index contributed by atoms with van der Waals surface area (Å²) in [6, 6.07) is 3.27. The quantitative estimate of drug-likeness (QED) is 0.765. The highest BCUT2D eigenvalue weighted by Crippen LogP contribution is 2.32. The molecule has 0 spiro atoms. The van der Waals surface area contributed by atoms with Crippen molar-refractivity contribution in [3.8, 4) is 5.75 Å². The summed E-state index contributed by atoms with van der Waals surface area (Å²) in [4.78, 5) is 13.6. The van der Waals surface area contributed by atoms with Crippen LogP contribution in [-0.4, -0.2) is 50.4 Å². The van der Waals surface area contributed by atoms with E-state index in [0.717, 1.165) is 10.0 Å². The first-order valence-corrected chi connectivity index (χ1v) is 9.73. The molecule has 0 saturated carbocycles. The predicted octanol–water partition coefficient (Wildman–Crippen LogP) is 2.44. The van der Waals surface area contributed by atoms with Crippen LogP contribution in [0, 0.1) is 6.92 Å². The Morgan fingerprint density at radius 3 is 2.73 bits per heavy atom. The lowest BCUT2D eigenvalue weighted by atomic mass is 10.2. The first-order chi connectivity index (χ1) is 10.2. The molecule has 0 bridgehead atoms. The highest BCUT2D eigenvalue weighted by atomic mass is 79.9. The Morgan fingerprint density at radius 2 is 2.18 bits per heavy atom. The number of ether oxygens (including phenoxy) is 1. The highest BCUT2D eigenvalue weighted by molar-refractivity contribution is 9.10. The van der Waals surface area contributed by atoms with E-state index in [2.05, 4.69) is 15.9 Å². The van der Waals surface area contributed by atoms with Gasteiger partial charge in [0.2, 0.25) is 0 Å². The number of benzene rings is 1. The van der Waals surface area contributed by atoms with Crippen LogP contribution in [-0.2, 0) is 14.6 Å². The van der Waals surface area contributed by atoms with Crippen molar-refractivity contribution in [2.24, 2.45) is 0 Å². The Morgan fingerprint density at radius 1 is 1.50 bits per heavy atom. The lowest BCUT2D eigenvalue weighted by Gasteiger charge is -2.23. The molecule has 0 unspecified atom stereocenters. The van der Waals surface area contributed by atoms with E-state index in [1.54, 1.807) is 13.1 Å². The van der Waals surface area contributed by atoms with Gasteiger partial charge in [-0.1, -0.05) is 27.5 Å². The molecule has 5 nitrogen and oxygen atoms in total. The van der Waals surface area contributed by atoms with Crippen LogP contribution in [0.3, 0.4) is 0 Å². The van der Waals surface area contributed by atoms with Gasteiger partial charge < -0.3 is 9.64 Å². The molecule has 1 heterocycles. The number of hydrogen-bond acceptors (Lipinski definition) is 4. The van der Waals surface area contributed by atoms with Crippen molar-refractivity contribution in [3.05, 3.63) is 27.2 Å². The second kappa shape index (κ2) is 6.76. The second-order valence-corrected chi connectivity index (χ2v) is 8.94.